The second kappa shape index (κ2) is 7.36. The Morgan fingerprint density at radius 2 is 1.68 bits per heavy atom. The van der Waals surface area contributed by atoms with Gasteiger partial charge in [-0.1, -0.05) is 51.1 Å². The molecule has 0 unspecified atom stereocenters. The molecule has 0 bridgehead atoms. The number of hydrogen-bond donors (Lipinski definition) is 1. The van der Waals surface area contributed by atoms with Crippen molar-refractivity contribution in [3.63, 3.8) is 0 Å². The number of nitrogens with one attached hydrogen (secondary N) is 1. The van der Waals surface area contributed by atoms with Crippen molar-refractivity contribution in [2.75, 3.05) is 5.32 Å². The summed E-state index contributed by atoms with van der Waals surface area (Å²) in [7, 11) is 0. The zero-order chi connectivity index (χ0) is 18.6. The summed E-state index contributed by atoms with van der Waals surface area (Å²) < 4.78 is 0. The number of nitriles is 1. The van der Waals surface area contributed by atoms with E-state index < -0.39 is 5.91 Å². The summed E-state index contributed by atoms with van der Waals surface area (Å²) in [5, 5.41) is 12.1. The summed E-state index contributed by atoms with van der Waals surface area (Å²) in [5.74, 6) is -0.398. The van der Waals surface area contributed by atoms with Crippen molar-refractivity contribution >= 4 is 17.7 Å². The van der Waals surface area contributed by atoms with E-state index in [1.54, 1.807) is 6.08 Å². The van der Waals surface area contributed by atoms with E-state index in [4.69, 9.17) is 0 Å². The van der Waals surface area contributed by atoms with E-state index >= 15 is 0 Å². The Morgan fingerprint density at radius 3 is 2.20 bits per heavy atom. The number of carbonyl (C=O) groups is 1. The van der Waals surface area contributed by atoms with Crippen molar-refractivity contribution in [3.05, 3.63) is 70.3 Å². The Bertz CT molecular complexity index is 847. The van der Waals surface area contributed by atoms with Crippen molar-refractivity contribution in [1.82, 2.24) is 0 Å². The minimum Gasteiger partial charge on any atom is -0.321 e. The molecule has 0 heterocycles. The molecule has 3 heteroatoms. The Kier molecular flexibility index (Phi) is 5.44. The normalized spacial score (nSPS) is 11.8. The van der Waals surface area contributed by atoms with Gasteiger partial charge in [-0.05, 0) is 59.7 Å². The van der Waals surface area contributed by atoms with Crippen molar-refractivity contribution in [3.8, 4) is 6.07 Å². The minimum absolute atomic E-state index is 0.0704. The molecular weight excluding hydrogens is 308 g/mol. The van der Waals surface area contributed by atoms with Gasteiger partial charge >= 0.3 is 0 Å². The van der Waals surface area contributed by atoms with E-state index in [2.05, 4.69) is 26.1 Å². The fourth-order valence-corrected chi connectivity index (χ4v) is 2.41. The van der Waals surface area contributed by atoms with Crippen LogP contribution in [0.5, 0.6) is 0 Å². The average molecular weight is 332 g/mol. The molecule has 2 aromatic carbocycles. The third kappa shape index (κ3) is 4.81. The standard InChI is InChI=1S/C22H24N2O/c1-15-6-11-20(12-16(15)2)24-21(25)18(14-23)13-17-7-9-19(10-8-17)22(3,4)5/h6-13H,1-5H3,(H,24,25)/b18-13+. The fraction of sp³-hybridized carbons (Fsp3) is 0.273. The zero-order valence-electron chi connectivity index (χ0n) is 15.5. The highest BCUT2D eigenvalue weighted by atomic mass is 16.1. The molecule has 0 spiro atoms. The van der Waals surface area contributed by atoms with Crippen LogP contribution in [0.4, 0.5) is 5.69 Å². The number of benzene rings is 2. The first kappa shape index (κ1) is 18.5. The molecule has 1 amide bonds. The van der Waals surface area contributed by atoms with E-state index in [0.717, 1.165) is 16.7 Å². The van der Waals surface area contributed by atoms with Gasteiger partial charge in [-0.25, -0.2) is 0 Å². The van der Waals surface area contributed by atoms with Crippen LogP contribution >= 0.6 is 0 Å². The predicted molar refractivity (Wildman–Crippen MR) is 103 cm³/mol. The van der Waals surface area contributed by atoms with Gasteiger partial charge in [0.15, 0.2) is 0 Å². The summed E-state index contributed by atoms with van der Waals surface area (Å²) in [5.41, 5.74) is 5.15. The molecule has 1 N–H and O–H groups in total. The molecule has 0 saturated heterocycles. The topological polar surface area (TPSA) is 52.9 Å². The molecule has 0 aliphatic heterocycles. The molecule has 0 fully saturated rings. The smallest absolute Gasteiger partial charge is 0.266 e. The Balaban J connectivity index is 2.20. The third-order valence-electron chi connectivity index (χ3n) is 4.22. The van der Waals surface area contributed by atoms with E-state index in [0.29, 0.717) is 5.69 Å². The molecule has 0 aromatic heterocycles. The van der Waals surface area contributed by atoms with Gasteiger partial charge in [-0.15, -0.1) is 0 Å². The molecule has 0 aliphatic carbocycles. The van der Waals surface area contributed by atoms with Crippen LogP contribution in [0.1, 0.15) is 43.0 Å². The number of amides is 1. The second-order valence-electron chi connectivity index (χ2n) is 7.29. The number of carbonyl (C=O) groups excluding carboxylic acids is 1. The van der Waals surface area contributed by atoms with Gasteiger partial charge < -0.3 is 5.32 Å². The molecule has 0 saturated carbocycles. The maximum atomic E-state index is 12.4. The van der Waals surface area contributed by atoms with E-state index in [-0.39, 0.29) is 11.0 Å². The first-order valence-corrected chi connectivity index (χ1v) is 8.31. The third-order valence-corrected chi connectivity index (χ3v) is 4.22. The average Bonchev–Trinajstić information content (AvgIpc) is 2.55. The number of anilines is 1. The predicted octanol–water partition coefficient (Wildman–Crippen LogP) is 5.15. The number of aryl methyl sites for hydroxylation is 2. The number of rotatable bonds is 3. The molecule has 0 atom stereocenters. The number of nitrogens with zero attached hydrogens (tertiary/aromatic N) is 1. The zero-order valence-corrected chi connectivity index (χ0v) is 15.5. The Morgan fingerprint density at radius 1 is 1.04 bits per heavy atom. The molecule has 2 aromatic rings. The SMILES string of the molecule is Cc1ccc(NC(=O)/C(C#N)=C/c2ccc(C(C)(C)C)cc2)cc1C. The molecular formula is C22H24N2O. The van der Waals surface area contributed by atoms with Gasteiger partial charge in [-0.2, -0.15) is 5.26 Å². The van der Waals surface area contributed by atoms with Crippen LogP contribution in [-0.4, -0.2) is 5.91 Å². The van der Waals surface area contributed by atoms with Gasteiger partial charge in [0.25, 0.3) is 5.91 Å². The molecule has 3 nitrogen and oxygen atoms in total. The highest BCUT2D eigenvalue weighted by Gasteiger charge is 2.13. The summed E-state index contributed by atoms with van der Waals surface area (Å²) in [6, 6.07) is 15.6. The summed E-state index contributed by atoms with van der Waals surface area (Å²) >= 11 is 0. The maximum absolute atomic E-state index is 12.4. The second-order valence-corrected chi connectivity index (χ2v) is 7.29. The van der Waals surface area contributed by atoms with E-state index in [9.17, 15) is 10.1 Å². The molecule has 0 radical (unpaired) electrons. The van der Waals surface area contributed by atoms with Gasteiger partial charge in [0.2, 0.25) is 0 Å². The quantitative estimate of drug-likeness (QED) is 0.624. The molecule has 2 rings (SSSR count). The first-order valence-electron chi connectivity index (χ1n) is 8.31. The van der Waals surface area contributed by atoms with Crippen molar-refractivity contribution < 1.29 is 4.79 Å². The Labute approximate surface area is 150 Å². The first-order chi connectivity index (χ1) is 11.7. The Hall–Kier alpha value is -2.86. The van der Waals surface area contributed by atoms with E-state index in [1.165, 1.54) is 5.56 Å². The van der Waals surface area contributed by atoms with Crippen molar-refractivity contribution in [2.24, 2.45) is 0 Å². The summed E-state index contributed by atoms with van der Waals surface area (Å²) in [6.07, 6.45) is 1.61. The summed E-state index contributed by atoms with van der Waals surface area (Å²) in [4.78, 5) is 12.4. The van der Waals surface area contributed by atoms with Gasteiger partial charge in [0.05, 0.1) is 0 Å². The van der Waals surface area contributed by atoms with Crippen molar-refractivity contribution in [2.45, 2.75) is 40.0 Å². The van der Waals surface area contributed by atoms with Gasteiger partial charge in [0, 0.05) is 5.69 Å². The lowest BCUT2D eigenvalue weighted by atomic mass is 9.86. The minimum atomic E-state index is -0.398. The lowest BCUT2D eigenvalue weighted by molar-refractivity contribution is -0.112. The molecule has 25 heavy (non-hydrogen) atoms. The van der Waals surface area contributed by atoms with Crippen LogP contribution < -0.4 is 5.32 Å². The van der Waals surface area contributed by atoms with Gasteiger partial charge in [-0.3, -0.25) is 4.79 Å². The molecule has 128 valence electrons. The van der Waals surface area contributed by atoms with Crippen LogP contribution in [0.25, 0.3) is 6.08 Å². The van der Waals surface area contributed by atoms with Crippen molar-refractivity contribution in [1.29, 1.82) is 5.26 Å². The lowest BCUT2D eigenvalue weighted by Gasteiger charge is -2.18. The molecule has 0 aliphatic rings. The highest BCUT2D eigenvalue weighted by Crippen LogP contribution is 2.23. The van der Waals surface area contributed by atoms with E-state index in [1.807, 2.05) is 62.4 Å². The van der Waals surface area contributed by atoms with Crippen LogP contribution in [0.2, 0.25) is 0 Å². The van der Waals surface area contributed by atoms with Crippen LogP contribution in [0, 0.1) is 25.2 Å². The maximum Gasteiger partial charge on any atom is 0.266 e. The largest absolute Gasteiger partial charge is 0.321 e. The lowest BCUT2D eigenvalue weighted by Crippen LogP contribution is -2.13. The van der Waals surface area contributed by atoms with Gasteiger partial charge in [0.1, 0.15) is 11.6 Å². The van der Waals surface area contributed by atoms with Crippen LogP contribution in [-0.2, 0) is 10.2 Å². The highest BCUT2D eigenvalue weighted by molar-refractivity contribution is 6.09. The fourth-order valence-electron chi connectivity index (χ4n) is 2.41. The van der Waals surface area contributed by atoms with Crippen LogP contribution in [0.15, 0.2) is 48.0 Å². The monoisotopic (exact) mass is 332 g/mol. The number of hydrogen-bond acceptors (Lipinski definition) is 2. The summed E-state index contributed by atoms with van der Waals surface area (Å²) in [6.45, 7) is 10.5. The van der Waals surface area contributed by atoms with Crippen LogP contribution in [0.3, 0.4) is 0 Å².